The first-order chi connectivity index (χ1) is 40.5. The summed E-state index contributed by atoms with van der Waals surface area (Å²) in [5, 5.41) is 190. The third-order valence-corrected chi connectivity index (χ3v) is 22.6. The fraction of sp³-hybridized carbons (Fsp3) is 0.931. The first-order valence-corrected chi connectivity index (χ1v) is 30.3. The Bertz CT molecular complexity index is 2510. The number of aliphatic hydroxyl groups excluding tert-OH is 16. The molecule has 17 N–H and O–H groups in total. The Labute approximate surface area is 502 Å². The van der Waals surface area contributed by atoms with E-state index in [1.165, 1.54) is 13.8 Å². The average Bonchev–Trinajstić information content (AvgIpc) is 0.671. The molecule has 0 aromatic heterocycles. The van der Waals surface area contributed by atoms with E-state index in [1.807, 2.05) is 20.8 Å². The zero-order valence-corrected chi connectivity index (χ0v) is 50.0. The van der Waals surface area contributed by atoms with Crippen LogP contribution >= 0.6 is 0 Å². The average molecular weight is 1250 g/mol. The van der Waals surface area contributed by atoms with Crippen molar-refractivity contribution in [1.29, 1.82) is 0 Å². The van der Waals surface area contributed by atoms with E-state index in [2.05, 4.69) is 19.9 Å². The van der Waals surface area contributed by atoms with Crippen molar-refractivity contribution < 1.29 is 144 Å². The fourth-order valence-electron chi connectivity index (χ4n) is 17.8. The van der Waals surface area contributed by atoms with Crippen molar-refractivity contribution >= 4 is 11.9 Å². The Hall–Kier alpha value is -2.32. The summed E-state index contributed by atoms with van der Waals surface area (Å²) in [5.74, 6) is -4.45. The molecule has 1 unspecified atom stereocenters. The summed E-state index contributed by atoms with van der Waals surface area (Å²) in [6.07, 6.45) is -41.7. The second-order valence-electron chi connectivity index (χ2n) is 28.5. The van der Waals surface area contributed by atoms with Crippen molar-refractivity contribution in [3.8, 4) is 0 Å². The van der Waals surface area contributed by atoms with Crippen LogP contribution in [0.5, 0.6) is 0 Å². The predicted octanol–water partition coefficient (Wildman–Crippen LogP) is -4.90. The molecule has 87 heavy (non-hydrogen) atoms. The summed E-state index contributed by atoms with van der Waals surface area (Å²) < 4.78 is 58.4. The summed E-state index contributed by atoms with van der Waals surface area (Å²) in [4.78, 5) is 27.4. The lowest BCUT2D eigenvalue weighted by atomic mass is 9.32. The van der Waals surface area contributed by atoms with E-state index >= 15 is 4.79 Å². The largest absolute Gasteiger partial charge is 0.479 e. The van der Waals surface area contributed by atoms with Gasteiger partial charge in [-0.25, -0.2) is 4.79 Å². The smallest absolute Gasteiger partial charge is 0.335 e. The van der Waals surface area contributed by atoms with Gasteiger partial charge in [0.1, 0.15) is 90.9 Å². The minimum Gasteiger partial charge on any atom is -0.479 e. The lowest BCUT2D eigenvalue weighted by molar-refractivity contribution is -0.377. The Morgan fingerprint density at radius 1 is 0.552 bits per heavy atom. The van der Waals surface area contributed by atoms with E-state index in [0.717, 1.165) is 5.57 Å². The Kier molecular flexibility index (Phi) is 18.8. The van der Waals surface area contributed by atoms with Crippen LogP contribution in [0.4, 0.5) is 0 Å². The van der Waals surface area contributed by atoms with Crippen LogP contribution in [0.1, 0.15) is 100 Å². The van der Waals surface area contributed by atoms with E-state index in [1.54, 1.807) is 6.92 Å². The number of esters is 1. The van der Waals surface area contributed by atoms with Gasteiger partial charge in [-0.05, 0) is 92.3 Å². The standard InChI is InChI=1S/C58H92O29/c1-20-30(65)32(67)36(71)48(80-20)83-41-27(63)18-78-47(39(41)74)82-40-21(2)81-49(38(73)35(40)70)85-43-31(66)26(62)17-79-51(43)87-52(77)58-12-11-53(3,4)13-23(58)22-9-10-28-54(5)14-25(61)45(86-50-37(72)33(68)34(69)42(84-50)46(75)76)55(6,19-59)44(54)24(60)15-57(28,8)56(22,7)16-29(58)64/h9,20-21,23-45,47-51,59-74H,10-19H2,1-8H3,(H,75,76)/t20-,21-,23-,24+,25-,26-,27+,28?,29+,30+,31-,32+,33-,34-,35-,36-,37+,38-,39+,40+,41-,42-,43+,44+,45-,47-,48-,49-,50-,51-,54+,55-,56+,57+,58+/m0/s1. The highest BCUT2D eigenvalue weighted by molar-refractivity contribution is 5.80. The molecule has 5 heterocycles. The van der Waals surface area contributed by atoms with Crippen LogP contribution in [0.25, 0.3) is 0 Å². The first-order valence-electron chi connectivity index (χ1n) is 30.3. The minimum absolute atomic E-state index is 0.0235. The van der Waals surface area contributed by atoms with Crippen LogP contribution in [0, 0.1) is 50.2 Å². The molecule has 5 aliphatic heterocycles. The monoisotopic (exact) mass is 1250 g/mol. The molecule has 498 valence electrons. The van der Waals surface area contributed by atoms with Crippen molar-refractivity contribution in [2.75, 3.05) is 19.8 Å². The Morgan fingerprint density at radius 2 is 1.13 bits per heavy atom. The SMILES string of the molecule is C[C@@H]1O[C@@H](O[C@@H]2[C@@H](O)[C@H](O[C@H]3[C@@H](O)[C@H](O)[C@H](O[C@H]4[C@H](OC(=O)[C@]56CCC(C)(C)C[C@H]5C5=CCC7[C@@]8(C)C[C@H](O)[C@H](O[C@@H]9O[C@H](C(=O)O)[C@@H](O)[C@H](O)[C@H]9O)[C@@](C)(CO)[C@@H]8[C@H](O)C[C@@]7(C)[C@]5(C)C[C@H]6O)OC[C@H](O)[C@@H]4O)O[C@H]3C)OC[C@H]2O)[C@@H](O)[C@H](O)[C@@H]1O. The normalized spacial score (nSPS) is 55.9. The molecule has 9 fully saturated rings. The molecule has 29 nitrogen and oxygen atoms in total. The zero-order chi connectivity index (χ0) is 63.9. The van der Waals surface area contributed by atoms with Gasteiger partial charge >= 0.3 is 11.9 Å². The zero-order valence-electron chi connectivity index (χ0n) is 50.0. The van der Waals surface area contributed by atoms with Gasteiger partial charge in [0.2, 0.25) is 6.29 Å². The molecule has 35 atom stereocenters. The van der Waals surface area contributed by atoms with E-state index in [-0.39, 0.29) is 31.6 Å². The van der Waals surface area contributed by atoms with Gasteiger partial charge in [-0.15, -0.1) is 0 Å². The number of carbonyl (C=O) groups is 2. The highest BCUT2D eigenvalue weighted by Crippen LogP contribution is 2.76. The van der Waals surface area contributed by atoms with E-state index < -0.39 is 242 Å². The quantitative estimate of drug-likeness (QED) is 0.0495. The topological polar surface area (TPSA) is 470 Å². The molecule has 0 aromatic carbocycles. The second-order valence-corrected chi connectivity index (χ2v) is 28.5. The van der Waals surface area contributed by atoms with Gasteiger partial charge in [-0.3, -0.25) is 4.79 Å². The van der Waals surface area contributed by atoms with Crippen LogP contribution in [-0.2, 0) is 57.0 Å². The number of hydrogen-bond acceptors (Lipinski definition) is 28. The van der Waals surface area contributed by atoms with Crippen LogP contribution < -0.4 is 0 Å². The van der Waals surface area contributed by atoms with Crippen molar-refractivity contribution in [3.05, 3.63) is 11.6 Å². The van der Waals surface area contributed by atoms with Crippen LogP contribution in [-0.4, -0.2) is 284 Å². The number of fused-ring (bicyclic) bond motifs is 7. The third-order valence-electron chi connectivity index (χ3n) is 22.6. The number of aliphatic carboxylic acids is 1. The van der Waals surface area contributed by atoms with Crippen molar-refractivity contribution in [2.45, 2.75) is 266 Å². The van der Waals surface area contributed by atoms with Gasteiger partial charge in [-0.1, -0.05) is 53.2 Å². The van der Waals surface area contributed by atoms with Crippen LogP contribution in [0.2, 0.25) is 0 Å². The second kappa shape index (κ2) is 24.2. The van der Waals surface area contributed by atoms with E-state index in [4.69, 9.17) is 47.4 Å². The van der Waals surface area contributed by atoms with Crippen molar-refractivity contribution in [1.82, 2.24) is 0 Å². The highest BCUT2D eigenvalue weighted by Gasteiger charge is 2.75. The molecular formula is C58H92O29. The maximum absolute atomic E-state index is 15.5. The van der Waals surface area contributed by atoms with Crippen LogP contribution in [0.15, 0.2) is 11.6 Å². The molecule has 5 saturated heterocycles. The predicted molar refractivity (Wildman–Crippen MR) is 287 cm³/mol. The molecule has 0 aromatic rings. The number of carbonyl (C=O) groups excluding carboxylic acids is 1. The van der Waals surface area contributed by atoms with Crippen molar-refractivity contribution in [3.63, 3.8) is 0 Å². The summed E-state index contributed by atoms with van der Waals surface area (Å²) >= 11 is 0. The summed E-state index contributed by atoms with van der Waals surface area (Å²) in [5.41, 5.74) is -5.53. The summed E-state index contributed by atoms with van der Waals surface area (Å²) in [7, 11) is 0. The molecule has 4 saturated carbocycles. The van der Waals surface area contributed by atoms with Gasteiger partial charge in [0.25, 0.3) is 0 Å². The molecule has 5 aliphatic carbocycles. The van der Waals surface area contributed by atoms with Gasteiger partial charge in [-0.2, -0.15) is 0 Å². The highest BCUT2D eigenvalue weighted by atomic mass is 16.8. The number of allylic oxidation sites excluding steroid dienone is 2. The number of ether oxygens (including phenoxy) is 10. The molecule has 10 rings (SSSR count). The van der Waals surface area contributed by atoms with Gasteiger partial charge in [0.15, 0.2) is 37.4 Å². The maximum atomic E-state index is 15.5. The van der Waals surface area contributed by atoms with Gasteiger partial charge in [0.05, 0.1) is 56.4 Å². The molecule has 10 aliphatic rings. The number of carboxylic acid groups (broad SMARTS) is 1. The molecular weight excluding hydrogens is 1160 g/mol. The lowest BCUT2D eigenvalue weighted by Crippen LogP contribution is -2.73. The Morgan fingerprint density at radius 3 is 1.77 bits per heavy atom. The van der Waals surface area contributed by atoms with Gasteiger partial charge < -0.3 is 134 Å². The minimum atomic E-state index is -2.01. The molecule has 0 radical (unpaired) electrons. The van der Waals surface area contributed by atoms with E-state index in [9.17, 15) is 91.6 Å². The Balaban J connectivity index is 0.866. The van der Waals surface area contributed by atoms with Crippen molar-refractivity contribution in [2.24, 2.45) is 50.2 Å². The van der Waals surface area contributed by atoms with E-state index in [0.29, 0.717) is 19.3 Å². The molecule has 0 spiro atoms. The van der Waals surface area contributed by atoms with Gasteiger partial charge in [0, 0.05) is 11.3 Å². The molecule has 0 amide bonds. The number of rotatable bonds is 12. The maximum Gasteiger partial charge on any atom is 0.335 e. The number of hydrogen-bond donors (Lipinski definition) is 17. The van der Waals surface area contributed by atoms with Crippen LogP contribution in [0.3, 0.4) is 0 Å². The first kappa shape index (κ1) is 67.6. The lowest BCUT2D eigenvalue weighted by Gasteiger charge is -2.73. The number of carboxylic acids is 1. The summed E-state index contributed by atoms with van der Waals surface area (Å²) in [6, 6.07) is 0. The fourth-order valence-corrected chi connectivity index (χ4v) is 17.8. The molecule has 0 bridgehead atoms. The third kappa shape index (κ3) is 11.0. The summed E-state index contributed by atoms with van der Waals surface area (Å²) in [6.45, 7) is 12.8. The molecule has 29 heteroatoms. The number of aliphatic hydroxyl groups is 16.